The van der Waals surface area contributed by atoms with Crippen molar-refractivity contribution in [2.45, 2.75) is 6.42 Å². The fourth-order valence-electron chi connectivity index (χ4n) is 2.74. The number of halogens is 2. The Morgan fingerprint density at radius 2 is 1.77 bits per heavy atom. The van der Waals surface area contributed by atoms with Crippen molar-refractivity contribution >= 4 is 51.8 Å². The van der Waals surface area contributed by atoms with Crippen LogP contribution < -0.4 is 10.6 Å². The first-order chi connectivity index (χ1) is 12.4. The van der Waals surface area contributed by atoms with Crippen molar-refractivity contribution in [2.75, 3.05) is 11.9 Å². The lowest BCUT2D eigenvalue weighted by atomic mass is 10.1. The van der Waals surface area contributed by atoms with Gasteiger partial charge in [-0.25, -0.2) is 9.59 Å². The van der Waals surface area contributed by atoms with Gasteiger partial charge in [-0.15, -0.1) is 0 Å². The number of carboxylic acid groups (broad SMARTS) is 1. The average molecular weight is 392 g/mol. The van der Waals surface area contributed by atoms with Crippen LogP contribution in [0, 0.1) is 0 Å². The second kappa shape index (κ2) is 7.68. The summed E-state index contributed by atoms with van der Waals surface area (Å²) in [6.45, 7) is 0.266. The number of para-hydroxylation sites is 1. The molecule has 2 aromatic carbocycles. The van der Waals surface area contributed by atoms with Crippen molar-refractivity contribution in [2.24, 2.45) is 0 Å². The number of aromatic nitrogens is 1. The molecule has 0 aliphatic heterocycles. The number of carbonyl (C=O) groups is 2. The van der Waals surface area contributed by atoms with Crippen molar-refractivity contribution in [3.63, 3.8) is 0 Å². The number of amides is 2. The van der Waals surface area contributed by atoms with E-state index < -0.39 is 12.0 Å². The van der Waals surface area contributed by atoms with Crippen LogP contribution in [0.5, 0.6) is 0 Å². The predicted octanol–water partition coefficient (Wildman–Crippen LogP) is 4.54. The zero-order valence-electron chi connectivity index (χ0n) is 13.5. The van der Waals surface area contributed by atoms with E-state index in [0.717, 1.165) is 10.9 Å². The number of rotatable bonds is 5. The van der Waals surface area contributed by atoms with Gasteiger partial charge >= 0.3 is 12.0 Å². The molecule has 2 amide bonds. The van der Waals surface area contributed by atoms with Gasteiger partial charge in [-0.2, -0.15) is 0 Å². The van der Waals surface area contributed by atoms with Crippen LogP contribution >= 0.6 is 23.2 Å². The van der Waals surface area contributed by atoms with Gasteiger partial charge in [-0.05, 0) is 36.2 Å². The number of nitrogens with one attached hydrogen (secondary N) is 3. The molecule has 3 rings (SSSR count). The van der Waals surface area contributed by atoms with Gasteiger partial charge in [0, 0.05) is 33.2 Å². The van der Waals surface area contributed by atoms with E-state index in [9.17, 15) is 14.7 Å². The van der Waals surface area contributed by atoms with Crippen LogP contribution in [0.4, 0.5) is 10.5 Å². The van der Waals surface area contributed by atoms with Crippen molar-refractivity contribution in [1.82, 2.24) is 10.3 Å². The maximum atomic E-state index is 12.0. The fourth-order valence-corrected chi connectivity index (χ4v) is 3.27. The van der Waals surface area contributed by atoms with E-state index in [2.05, 4.69) is 15.6 Å². The van der Waals surface area contributed by atoms with Crippen LogP contribution in [0.3, 0.4) is 0 Å². The number of carboxylic acids is 1. The van der Waals surface area contributed by atoms with Crippen LogP contribution in [0.25, 0.3) is 10.9 Å². The number of urea groups is 1. The Kier molecular flexibility index (Phi) is 5.35. The van der Waals surface area contributed by atoms with E-state index in [1.54, 1.807) is 18.2 Å². The Labute approximate surface area is 159 Å². The minimum Gasteiger partial charge on any atom is -0.477 e. The normalized spacial score (nSPS) is 10.7. The number of hydrogen-bond donors (Lipinski definition) is 4. The van der Waals surface area contributed by atoms with Crippen LogP contribution in [-0.2, 0) is 6.42 Å². The highest BCUT2D eigenvalue weighted by Crippen LogP contribution is 2.23. The number of fused-ring (bicyclic) bond motifs is 1. The number of carbonyl (C=O) groups excluding carboxylic acids is 1. The molecule has 3 aromatic rings. The molecule has 8 heteroatoms. The molecule has 0 aliphatic rings. The van der Waals surface area contributed by atoms with Gasteiger partial charge in [0.1, 0.15) is 5.69 Å². The van der Waals surface area contributed by atoms with Crippen LogP contribution in [-0.4, -0.2) is 28.6 Å². The molecule has 26 heavy (non-hydrogen) atoms. The molecule has 0 atom stereocenters. The highest BCUT2D eigenvalue weighted by molar-refractivity contribution is 6.35. The Morgan fingerprint density at radius 3 is 2.46 bits per heavy atom. The standard InChI is InChI=1S/C18H15Cl2N3O3/c19-10-7-11(20)9-12(8-10)22-18(26)21-6-5-14-13-3-1-2-4-15(13)23-16(14)17(24)25/h1-4,7-9,23H,5-6H2,(H,24,25)(H2,21,22,26). The lowest BCUT2D eigenvalue weighted by Gasteiger charge is -2.09. The van der Waals surface area contributed by atoms with E-state index in [-0.39, 0.29) is 12.2 Å². The van der Waals surface area contributed by atoms with Gasteiger partial charge in [0.2, 0.25) is 0 Å². The number of aromatic amines is 1. The maximum absolute atomic E-state index is 12.0. The van der Waals surface area contributed by atoms with Crippen molar-refractivity contribution < 1.29 is 14.7 Å². The summed E-state index contributed by atoms with van der Waals surface area (Å²) in [5, 5.41) is 16.4. The Balaban J connectivity index is 1.66. The third-order valence-electron chi connectivity index (χ3n) is 3.81. The van der Waals surface area contributed by atoms with Crippen molar-refractivity contribution in [1.29, 1.82) is 0 Å². The molecule has 0 unspecified atom stereocenters. The van der Waals surface area contributed by atoms with E-state index in [1.807, 2.05) is 24.3 Å². The molecule has 0 fully saturated rings. The minimum absolute atomic E-state index is 0.134. The van der Waals surface area contributed by atoms with Crippen LogP contribution in [0.1, 0.15) is 16.1 Å². The summed E-state index contributed by atoms with van der Waals surface area (Å²) in [5.74, 6) is -1.03. The van der Waals surface area contributed by atoms with E-state index in [0.29, 0.717) is 27.7 Å². The summed E-state index contributed by atoms with van der Waals surface area (Å²) >= 11 is 11.8. The number of hydrogen-bond acceptors (Lipinski definition) is 2. The molecular weight excluding hydrogens is 377 g/mol. The summed E-state index contributed by atoms with van der Waals surface area (Å²) < 4.78 is 0. The maximum Gasteiger partial charge on any atom is 0.352 e. The molecule has 0 saturated carbocycles. The summed E-state index contributed by atoms with van der Waals surface area (Å²) in [4.78, 5) is 26.3. The van der Waals surface area contributed by atoms with Gasteiger partial charge in [0.05, 0.1) is 0 Å². The molecule has 134 valence electrons. The smallest absolute Gasteiger partial charge is 0.352 e. The molecule has 0 aliphatic carbocycles. The van der Waals surface area contributed by atoms with E-state index >= 15 is 0 Å². The third-order valence-corrected chi connectivity index (χ3v) is 4.24. The van der Waals surface area contributed by atoms with Crippen LogP contribution in [0.15, 0.2) is 42.5 Å². The summed E-state index contributed by atoms with van der Waals surface area (Å²) in [7, 11) is 0. The second-order valence-electron chi connectivity index (χ2n) is 5.62. The molecule has 0 spiro atoms. The number of aromatic carboxylic acids is 1. The number of H-pyrrole nitrogens is 1. The lowest BCUT2D eigenvalue weighted by molar-refractivity contribution is 0.0690. The Bertz CT molecular complexity index is 965. The topological polar surface area (TPSA) is 94.2 Å². The molecule has 4 N–H and O–H groups in total. The van der Waals surface area contributed by atoms with Crippen molar-refractivity contribution in [3.05, 3.63) is 63.8 Å². The molecule has 0 saturated heterocycles. The molecule has 6 nitrogen and oxygen atoms in total. The summed E-state index contributed by atoms with van der Waals surface area (Å²) in [6, 6.07) is 11.6. The number of benzene rings is 2. The lowest BCUT2D eigenvalue weighted by Crippen LogP contribution is -2.30. The predicted molar refractivity (Wildman–Crippen MR) is 102 cm³/mol. The molecule has 1 aromatic heterocycles. The SMILES string of the molecule is O=C(NCCc1c(C(=O)O)[nH]c2ccccc12)Nc1cc(Cl)cc(Cl)c1. The quantitative estimate of drug-likeness (QED) is 0.514. The highest BCUT2D eigenvalue weighted by atomic mass is 35.5. The Morgan fingerprint density at radius 1 is 1.08 bits per heavy atom. The first kappa shape index (κ1) is 18.1. The third kappa shape index (κ3) is 4.09. The highest BCUT2D eigenvalue weighted by Gasteiger charge is 2.16. The molecule has 1 heterocycles. The fraction of sp³-hybridized carbons (Fsp3) is 0.111. The minimum atomic E-state index is -1.03. The van der Waals surface area contributed by atoms with Gasteiger partial charge in [-0.3, -0.25) is 0 Å². The first-order valence-electron chi connectivity index (χ1n) is 7.78. The summed E-state index contributed by atoms with van der Waals surface area (Å²) in [6.07, 6.45) is 0.370. The molecule has 0 bridgehead atoms. The number of anilines is 1. The molecule has 0 radical (unpaired) electrons. The Hall–Kier alpha value is -2.70. The van der Waals surface area contributed by atoms with E-state index in [4.69, 9.17) is 23.2 Å². The summed E-state index contributed by atoms with van der Waals surface area (Å²) in [5.41, 5.74) is 2.01. The van der Waals surface area contributed by atoms with Crippen molar-refractivity contribution in [3.8, 4) is 0 Å². The monoisotopic (exact) mass is 391 g/mol. The average Bonchev–Trinajstić information content (AvgIpc) is 2.93. The van der Waals surface area contributed by atoms with Gasteiger partial charge in [0.15, 0.2) is 0 Å². The van der Waals surface area contributed by atoms with Gasteiger partial charge in [0.25, 0.3) is 0 Å². The first-order valence-corrected chi connectivity index (χ1v) is 8.53. The zero-order valence-corrected chi connectivity index (χ0v) is 15.0. The van der Waals surface area contributed by atoms with E-state index in [1.165, 1.54) is 0 Å². The largest absolute Gasteiger partial charge is 0.477 e. The second-order valence-corrected chi connectivity index (χ2v) is 6.49. The van der Waals surface area contributed by atoms with Crippen LogP contribution in [0.2, 0.25) is 10.0 Å². The van der Waals surface area contributed by atoms with Gasteiger partial charge < -0.3 is 20.7 Å². The zero-order chi connectivity index (χ0) is 18.7. The van der Waals surface area contributed by atoms with Gasteiger partial charge in [-0.1, -0.05) is 41.4 Å². The molecular formula is C18H15Cl2N3O3.